The Kier molecular flexibility index (Phi) is 4.20. The van der Waals surface area contributed by atoms with Crippen LogP contribution in [0, 0.1) is 5.92 Å². The highest BCUT2D eigenvalue weighted by molar-refractivity contribution is 4.82. The molecule has 1 fully saturated rings. The molecule has 1 rings (SSSR count). The predicted molar refractivity (Wildman–Crippen MR) is 58.0 cm³/mol. The summed E-state index contributed by atoms with van der Waals surface area (Å²) >= 11 is 0. The van der Waals surface area contributed by atoms with Gasteiger partial charge in [0, 0.05) is 18.6 Å². The van der Waals surface area contributed by atoms with Gasteiger partial charge in [0.15, 0.2) is 0 Å². The first-order valence-corrected chi connectivity index (χ1v) is 5.58. The Labute approximate surface area is 82.7 Å². The lowest BCUT2D eigenvalue weighted by atomic mass is 10.0. The van der Waals surface area contributed by atoms with E-state index in [1.54, 1.807) is 0 Å². The second-order valence-corrected chi connectivity index (χ2v) is 4.67. The molecule has 0 aromatic carbocycles. The SMILES string of the molecule is CC[C@@H](N[C@@H]1CCN(C)C1)C(C)C. The molecule has 2 nitrogen and oxygen atoms in total. The highest BCUT2D eigenvalue weighted by Gasteiger charge is 2.22. The summed E-state index contributed by atoms with van der Waals surface area (Å²) in [6, 6.07) is 1.44. The summed E-state index contributed by atoms with van der Waals surface area (Å²) in [5.74, 6) is 0.760. The van der Waals surface area contributed by atoms with E-state index in [1.165, 1.54) is 25.9 Å². The van der Waals surface area contributed by atoms with Crippen LogP contribution in [-0.4, -0.2) is 37.1 Å². The molecule has 0 unspecified atom stereocenters. The first-order chi connectivity index (χ1) is 6.13. The van der Waals surface area contributed by atoms with Crippen molar-refractivity contribution in [1.29, 1.82) is 0 Å². The Hall–Kier alpha value is -0.0800. The van der Waals surface area contributed by atoms with E-state index in [4.69, 9.17) is 0 Å². The van der Waals surface area contributed by atoms with Crippen LogP contribution in [-0.2, 0) is 0 Å². The maximum atomic E-state index is 3.75. The van der Waals surface area contributed by atoms with E-state index in [1.807, 2.05) is 0 Å². The number of likely N-dealkylation sites (N-methyl/N-ethyl adjacent to an activating group) is 1. The lowest BCUT2D eigenvalue weighted by Crippen LogP contribution is -2.42. The van der Waals surface area contributed by atoms with Crippen LogP contribution >= 0.6 is 0 Å². The van der Waals surface area contributed by atoms with E-state index < -0.39 is 0 Å². The Morgan fingerprint density at radius 1 is 1.46 bits per heavy atom. The van der Waals surface area contributed by atoms with Crippen LogP contribution in [0.5, 0.6) is 0 Å². The van der Waals surface area contributed by atoms with Crippen molar-refractivity contribution < 1.29 is 0 Å². The van der Waals surface area contributed by atoms with E-state index >= 15 is 0 Å². The number of nitrogens with zero attached hydrogens (tertiary/aromatic N) is 1. The first kappa shape index (κ1) is 11.0. The molecule has 0 aliphatic carbocycles. The van der Waals surface area contributed by atoms with Gasteiger partial charge in [-0.05, 0) is 32.4 Å². The zero-order valence-electron chi connectivity index (χ0n) is 9.51. The van der Waals surface area contributed by atoms with Crippen molar-refractivity contribution in [3.63, 3.8) is 0 Å². The summed E-state index contributed by atoms with van der Waals surface area (Å²) in [5, 5.41) is 3.75. The average molecular weight is 184 g/mol. The first-order valence-electron chi connectivity index (χ1n) is 5.58. The monoisotopic (exact) mass is 184 g/mol. The molecule has 0 aromatic heterocycles. The van der Waals surface area contributed by atoms with Gasteiger partial charge in [-0.15, -0.1) is 0 Å². The highest BCUT2D eigenvalue weighted by Crippen LogP contribution is 2.12. The summed E-state index contributed by atoms with van der Waals surface area (Å²) in [4.78, 5) is 2.41. The molecule has 0 radical (unpaired) electrons. The molecular weight excluding hydrogens is 160 g/mol. The number of likely N-dealkylation sites (tertiary alicyclic amines) is 1. The van der Waals surface area contributed by atoms with Crippen LogP contribution in [0.4, 0.5) is 0 Å². The van der Waals surface area contributed by atoms with Gasteiger partial charge in [0.25, 0.3) is 0 Å². The fraction of sp³-hybridized carbons (Fsp3) is 1.00. The molecule has 0 aromatic rings. The fourth-order valence-corrected chi connectivity index (χ4v) is 2.16. The number of hydrogen-bond donors (Lipinski definition) is 1. The van der Waals surface area contributed by atoms with Crippen molar-refractivity contribution in [2.45, 2.75) is 45.7 Å². The number of nitrogens with one attached hydrogen (secondary N) is 1. The van der Waals surface area contributed by atoms with Gasteiger partial charge >= 0.3 is 0 Å². The zero-order chi connectivity index (χ0) is 9.84. The molecule has 78 valence electrons. The topological polar surface area (TPSA) is 15.3 Å². The Bertz CT molecular complexity index is 145. The van der Waals surface area contributed by atoms with Crippen LogP contribution in [0.25, 0.3) is 0 Å². The van der Waals surface area contributed by atoms with Gasteiger partial charge in [-0.3, -0.25) is 0 Å². The Morgan fingerprint density at radius 3 is 2.54 bits per heavy atom. The summed E-state index contributed by atoms with van der Waals surface area (Å²) in [6.07, 6.45) is 2.57. The van der Waals surface area contributed by atoms with Gasteiger partial charge in [-0.1, -0.05) is 20.8 Å². The molecule has 0 amide bonds. The van der Waals surface area contributed by atoms with E-state index in [9.17, 15) is 0 Å². The molecule has 2 atom stereocenters. The molecule has 1 heterocycles. The van der Waals surface area contributed by atoms with Gasteiger partial charge in [-0.2, -0.15) is 0 Å². The van der Waals surface area contributed by atoms with Crippen molar-refractivity contribution >= 4 is 0 Å². The van der Waals surface area contributed by atoms with Gasteiger partial charge in [0.05, 0.1) is 0 Å². The lowest BCUT2D eigenvalue weighted by molar-refractivity contribution is 0.332. The standard InChI is InChI=1S/C11H24N2/c1-5-11(9(2)3)12-10-6-7-13(4)8-10/h9-12H,5-8H2,1-4H3/t10-,11-/m1/s1. The summed E-state index contributed by atoms with van der Waals surface area (Å²) < 4.78 is 0. The van der Waals surface area contributed by atoms with Crippen LogP contribution in [0.15, 0.2) is 0 Å². The molecule has 0 saturated carbocycles. The number of rotatable bonds is 4. The molecule has 1 N–H and O–H groups in total. The van der Waals surface area contributed by atoms with E-state index in [0.717, 1.165) is 12.0 Å². The van der Waals surface area contributed by atoms with Crippen molar-refractivity contribution in [2.24, 2.45) is 5.92 Å². The minimum Gasteiger partial charge on any atom is -0.310 e. The van der Waals surface area contributed by atoms with E-state index in [-0.39, 0.29) is 0 Å². The summed E-state index contributed by atoms with van der Waals surface area (Å²) in [7, 11) is 2.21. The average Bonchev–Trinajstić information content (AvgIpc) is 2.46. The van der Waals surface area contributed by atoms with Crippen molar-refractivity contribution in [1.82, 2.24) is 10.2 Å². The lowest BCUT2D eigenvalue weighted by Gasteiger charge is -2.25. The fourth-order valence-electron chi connectivity index (χ4n) is 2.16. The van der Waals surface area contributed by atoms with Crippen molar-refractivity contribution in [3.8, 4) is 0 Å². The maximum absolute atomic E-state index is 3.75. The van der Waals surface area contributed by atoms with Crippen molar-refractivity contribution in [2.75, 3.05) is 20.1 Å². The van der Waals surface area contributed by atoms with Crippen LogP contribution in [0.2, 0.25) is 0 Å². The third-order valence-electron chi connectivity index (χ3n) is 3.09. The molecule has 13 heavy (non-hydrogen) atoms. The smallest absolute Gasteiger partial charge is 0.0209 e. The second kappa shape index (κ2) is 4.97. The molecule has 1 aliphatic heterocycles. The second-order valence-electron chi connectivity index (χ2n) is 4.67. The normalized spacial score (nSPS) is 27.0. The molecular formula is C11H24N2. The van der Waals surface area contributed by atoms with Gasteiger partial charge in [0.1, 0.15) is 0 Å². The van der Waals surface area contributed by atoms with Gasteiger partial charge < -0.3 is 10.2 Å². The van der Waals surface area contributed by atoms with Crippen LogP contribution < -0.4 is 5.32 Å². The predicted octanol–water partition coefficient (Wildman–Crippen LogP) is 1.71. The quantitative estimate of drug-likeness (QED) is 0.715. The molecule has 1 saturated heterocycles. The summed E-state index contributed by atoms with van der Waals surface area (Å²) in [6.45, 7) is 9.37. The number of hydrogen-bond acceptors (Lipinski definition) is 2. The van der Waals surface area contributed by atoms with Gasteiger partial charge in [-0.25, -0.2) is 0 Å². The van der Waals surface area contributed by atoms with E-state index in [2.05, 4.69) is 38.0 Å². The molecule has 2 heteroatoms. The van der Waals surface area contributed by atoms with Crippen LogP contribution in [0.3, 0.4) is 0 Å². The zero-order valence-corrected chi connectivity index (χ0v) is 9.51. The van der Waals surface area contributed by atoms with Gasteiger partial charge in [0.2, 0.25) is 0 Å². The van der Waals surface area contributed by atoms with Crippen LogP contribution in [0.1, 0.15) is 33.6 Å². The summed E-state index contributed by atoms with van der Waals surface area (Å²) in [5.41, 5.74) is 0. The minimum absolute atomic E-state index is 0.705. The third kappa shape index (κ3) is 3.28. The molecule has 0 bridgehead atoms. The molecule has 0 spiro atoms. The molecule has 1 aliphatic rings. The van der Waals surface area contributed by atoms with E-state index in [0.29, 0.717) is 6.04 Å². The Balaban J connectivity index is 2.30. The van der Waals surface area contributed by atoms with Crippen molar-refractivity contribution in [3.05, 3.63) is 0 Å². The Morgan fingerprint density at radius 2 is 2.15 bits per heavy atom. The highest BCUT2D eigenvalue weighted by atomic mass is 15.2. The third-order valence-corrected chi connectivity index (χ3v) is 3.09. The largest absolute Gasteiger partial charge is 0.310 e. The minimum atomic E-state index is 0.705. The maximum Gasteiger partial charge on any atom is 0.0209 e.